The molecule has 1 aromatic carbocycles. The van der Waals surface area contributed by atoms with E-state index in [0.717, 1.165) is 15.8 Å². The molecule has 0 saturated heterocycles. The van der Waals surface area contributed by atoms with Gasteiger partial charge in [-0.15, -0.1) is 20.4 Å². The normalized spacial score (nSPS) is 10.1. The highest BCUT2D eigenvalue weighted by molar-refractivity contribution is 8.01. The van der Waals surface area contributed by atoms with Gasteiger partial charge in [0, 0.05) is 11.8 Å². The fourth-order valence-electron chi connectivity index (χ4n) is 1.65. The minimum Gasteiger partial charge on any atom is -0.497 e. The number of rotatable bonds is 5. The van der Waals surface area contributed by atoms with Crippen molar-refractivity contribution < 1.29 is 4.74 Å². The average Bonchev–Trinajstić information content (AvgIpc) is 3.02. The maximum absolute atomic E-state index is 8.70. The first kappa shape index (κ1) is 15.2. The van der Waals surface area contributed by atoms with Crippen LogP contribution in [0.3, 0.4) is 0 Å². The van der Waals surface area contributed by atoms with Gasteiger partial charge >= 0.3 is 0 Å². The van der Waals surface area contributed by atoms with Gasteiger partial charge in [0.15, 0.2) is 10.0 Å². The van der Waals surface area contributed by atoms with Crippen LogP contribution in [0.2, 0.25) is 0 Å². The fourth-order valence-corrected chi connectivity index (χ4v) is 3.28. The van der Waals surface area contributed by atoms with Gasteiger partial charge in [-0.05, 0) is 36.0 Å². The average molecular weight is 342 g/mol. The van der Waals surface area contributed by atoms with Gasteiger partial charge in [0.1, 0.15) is 16.8 Å². The Bertz CT molecular complexity index is 843. The van der Waals surface area contributed by atoms with Gasteiger partial charge in [0.05, 0.1) is 7.11 Å². The Labute approximate surface area is 140 Å². The molecule has 0 bridgehead atoms. The molecule has 0 radical (unpaired) electrons. The maximum atomic E-state index is 8.70. The number of nitrogens with zero attached hydrogens (tertiary/aromatic N) is 5. The smallest absolute Gasteiger partial charge is 0.210 e. The van der Waals surface area contributed by atoms with Gasteiger partial charge in [-0.3, -0.25) is 0 Å². The summed E-state index contributed by atoms with van der Waals surface area (Å²) in [6.07, 6.45) is 0. The number of aromatic nitrogens is 4. The van der Waals surface area contributed by atoms with Gasteiger partial charge in [-0.1, -0.05) is 17.4 Å². The summed E-state index contributed by atoms with van der Waals surface area (Å²) in [4.78, 5) is 0. The highest BCUT2D eigenvalue weighted by Gasteiger charge is 2.08. The Morgan fingerprint density at radius 1 is 1.17 bits per heavy atom. The van der Waals surface area contributed by atoms with Crippen LogP contribution in [0.5, 0.6) is 5.75 Å². The van der Waals surface area contributed by atoms with Crippen molar-refractivity contribution in [3.05, 3.63) is 42.1 Å². The minimum absolute atomic E-state index is 0.284. The molecule has 23 heavy (non-hydrogen) atoms. The summed E-state index contributed by atoms with van der Waals surface area (Å²) in [6.45, 7) is 0. The second-order valence-electron chi connectivity index (χ2n) is 4.20. The van der Waals surface area contributed by atoms with E-state index in [0.29, 0.717) is 10.2 Å². The SMILES string of the molecule is COc1cccc(Nc2nnc(Sc3ccc(C#N)nn3)s2)c1. The Morgan fingerprint density at radius 3 is 2.83 bits per heavy atom. The van der Waals surface area contributed by atoms with E-state index in [4.69, 9.17) is 10.00 Å². The van der Waals surface area contributed by atoms with E-state index in [1.165, 1.54) is 23.1 Å². The molecule has 0 aliphatic rings. The summed E-state index contributed by atoms with van der Waals surface area (Å²) in [5.74, 6) is 0.766. The number of ether oxygens (including phenoxy) is 1. The molecule has 0 aliphatic carbocycles. The molecule has 0 unspecified atom stereocenters. The highest BCUT2D eigenvalue weighted by atomic mass is 32.2. The predicted octanol–water partition coefficient (Wildman–Crippen LogP) is 3.10. The van der Waals surface area contributed by atoms with Crippen molar-refractivity contribution in [2.24, 2.45) is 0 Å². The molecule has 114 valence electrons. The number of benzene rings is 1. The highest BCUT2D eigenvalue weighted by Crippen LogP contribution is 2.32. The Morgan fingerprint density at radius 2 is 2.09 bits per heavy atom. The zero-order valence-electron chi connectivity index (χ0n) is 11.9. The summed E-state index contributed by atoms with van der Waals surface area (Å²) in [5, 5.41) is 29.1. The van der Waals surface area contributed by atoms with Crippen molar-refractivity contribution >= 4 is 33.9 Å². The van der Waals surface area contributed by atoms with Crippen molar-refractivity contribution in [2.75, 3.05) is 12.4 Å². The molecule has 0 fully saturated rings. The van der Waals surface area contributed by atoms with Crippen LogP contribution in [0.25, 0.3) is 0 Å². The second kappa shape index (κ2) is 7.04. The lowest BCUT2D eigenvalue weighted by Crippen LogP contribution is -1.90. The lowest BCUT2D eigenvalue weighted by atomic mass is 10.3. The molecule has 0 amide bonds. The standard InChI is InChI=1S/C14H10N6OS2/c1-21-11-4-2-3-9(7-11)16-13-19-20-14(23-13)22-12-6-5-10(8-15)17-18-12/h2-7H,1H3,(H,16,19). The van der Waals surface area contributed by atoms with Gasteiger partial charge in [-0.2, -0.15) is 5.26 Å². The summed E-state index contributed by atoms with van der Waals surface area (Å²) in [5.41, 5.74) is 1.15. The molecule has 2 aromatic heterocycles. The molecule has 3 rings (SSSR count). The molecular formula is C14H10N6OS2. The zero-order chi connectivity index (χ0) is 16.1. The van der Waals surface area contributed by atoms with E-state index in [2.05, 4.69) is 25.7 Å². The Balaban J connectivity index is 1.68. The van der Waals surface area contributed by atoms with E-state index < -0.39 is 0 Å². The number of nitrogens with one attached hydrogen (secondary N) is 1. The number of hydrogen-bond donors (Lipinski definition) is 1. The number of hydrogen-bond acceptors (Lipinski definition) is 9. The van der Waals surface area contributed by atoms with E-state index in [-0.39, 0.29) is 5.69 Å². The van der Waals surface area contributed by atoms with Crippen molar-refractivity contribution in [3.63, 3.8) is 0 Å². The van der Waals surface area contributed by atoms with E-state index in [1.807, 2.05) is 30.3 Å². The van der Waals surface area contributed by atoms with E-state index in [1.54, 1.807) is 19.2 Å². The zero-order valence-corrected chi connectivity index (χ0v) is 13.6. The first-order chi connectivity index (χ1) is 11.3. The number of methoxy groups -OCH3 is 1. The lowest BCUT2D eigenvalue weighted by Gasteiger charge is -2.04. The van der Waals surface area contributed by atoms with Crippen LogP contribution in [-0.2, 0) is 0 Å². The third-order valence-electron chi connectivity index (χ3n) is 2.67. The van der Waals surface area contributed by atoms with Crippen LogP contribution in [-0.4, -0.2) is 27.5 Å². The van der Waals surface area contributed by atoms with Crippen molar-refractivity contribution in [3.8, 4) is 11.8 Å². The summed E-state index contributed by atoms with van der Waals surface area (Å²) < 4.78 is 5.91. The topological polar surface area (TPSA) is 96.6 Å². The monoisotopic (exact) mass is 342 g/mol. The number of anilines is 2. The van der Waals surface area contributed by atoms with Gasteiger partial charge < -0.3 is 10.1 Å². The van der Waals surface area contributed by atoms with Crippen molar-refractivity contribution in [1.82, 2.24) is 20.4 Å². The molecule has 0 saturated carbocycles. The second-order valence-corrected chi connectivity index (χ2v) is 6.45. The van der Waals surface area contributed by atoms with Crippen LogP contribution in [0.1, 0.15) is 5.69 Å². The van der Waals surface area contributed by atoms with Crippen LogP contribution in [0.4, 0.5) is 10.8 Å². The molecule has 3 aromatic rings. The van der Waals surface area contributed by atoms with E-state index >= 15 is 0 Å². The molecule has 0 atom stereocenters. The molecule has 0 spiro atoms. The van der Waals surface area contributed by atoms with Crippen LogP contribution in [0.15, 0.2) is 45.8 Å². The predicted molar refractivity (Wildman–Crippen MR) is 87.1 cm³/mol. The summed E-state index contributed by atoms with van der Waals surface area (Å²) >= 11 is 2.75. The first-order valence-electron chi connectivity index (χ1n) is 6.43. The lowest BCUT2D eigenvalue weighted by molar-refractivity contribution is 0.415. The maximum Gasteiger partial charge on any atom is 0.210 e. The molecule has 0 aliphatic heterocycles. The first-order valence-corrected chi connectivity index (χ1v) is 8.06. The van der Waals surface area contributed by atoms with Crippen LogP contribution >= 0.6 is 23.1 Å². The summed E-state index contributed by atoms with van der Waals surface area (Å²) in [6, 6.07) is 12.8. The van der Waals surface area contributed by atoms with Crippen LogP contribution < -0.4 is 10.1 Å². The number of nitriles is 1. The third-order valence-corrected chi connectivity index (χ3v) is 4.49. The molecule has 7 nitrogen and oxygen atoms in total. The van der Waals surface area contributed by atoms with Gasteiger partial charge in [0.25, 0.3) is 0 Å². The largest absolute Gasteiger partial charge is 0.497 e. The van der Waals surface area contributed by atoms with Gasteiger partial charge in [0.2, 0.25) is 5.13 Å². The van der Waals surface area contributed by atoms with Gasteiger partial charge in [-0.25, -0.2) is 0 Å². The molecule has 2 heterocycles. The fraction of sp³-hybridized carbons (Fsp3) is 0.0714. The molecule has 1 N–H and O–H groups in total. The Hall–Kier alpha value is -2.70. The minimum atomic E-state index is 0.284. The third kappa shape index (κ3) is 3.94. The Kier molecular flexibility index (Phi) is 4.65. The van der Waals surface area contributed by atoms with Crippen molar-refractivity contribution in [2.45, 2.75) is 9.37 Å². The molecule has 9 heteroatoms. The quantitative estimate of drug-likeness (QED) is 0.755. The summed E-state index contributed by atoms with van der Waals surface area (Å²) in [7, 11) is 1.62. The van der Waals surface area contributed by atoms with Crippen molar-refractivity contribution in [1.29, 1.82) is 5.26 Å². The van der Waals surface area contributed by atoms with E-state index in [9.17, 15) is 0 Å². The van der Waals surface area contributed by atoms with Crippen LogP contribution in [0, 0.1) is 11.3 Å². The molecular weight excluding hydrogens is 332 g/mol.